The summed E-state index contributed by atoms with van der Waals surface area (Å²) >= 11 is 12.0. The van der Waals surface area contributed by atoms with Crippen LogP contribution < -0.4 is 16.0 Å². The molecule has 0 aliphatic rings. The minimum Gasteiger partial charge on any atom is -0.393 e. The third-order valence-electron chi connectivity index (χ3n) is 3.52. The second kappa shape index (κ2) is 8.59. The zero-order valence-corrected chi connectivity index (χ0v) is 16.6. The predicted octanol–water partition coefficient (Wildman–Crippen LogP) is 5.23. The predicted molar refractivity (Wildman–Crippen MR) is 108 cm³/mol. The minimum absolute atomic E-state index is 0.473. The first-order valence-electron chi connectivity index (χ1n) is 8.35. The van der Waals surface area contributed by atoms with Crippen molar-refractivity contribution in [1.29, 1.82) is 0 Å². The first kappa shape index (κ1) is 19.6. The molecule has 0 amide bonds. The van der Waals surface area contributed by atoms with Crippen LogP contribution in [-0.4, -0.2) is 23.1 Å². The van der Waals surface area contributed by atoms with Crippen LogP contribution in [0.3, 0.4) is 0 Å². The van der Waals surface area contributed by atoms with Crippen LogP contribution in [-0.2, 0) is 0 Å². The van der Waals surface area contributed by atoms with Gasteiger partial charge in [0.15, 0.2) is 11.6 Å². The van der Waals surface area contributed by atoms with Crippen LogP contribution >= 0.6 is 23.2 Å². The summed E-state index contributed by atoms with van der Waals surface area (Å²) in [5.41, 5.74) is 7.65. The number of hydrogen-bond acceptors (Lipinski definition) is 5. The Morgan fingerprint density at radius 3 is 2.24 bits per heavy atom. The molecule has 0 unspecified atom stereocenters. The largest absolute Gasteiger partial charge is 0.393 e. The Balaban J connectivity index is 2.31. The first-order chi connectivity index (χ1) is 11.8. The van der Waals surface area contributed by atoms with Gasteiger partial charge in [0, 0.05) is 18.8 Å². The molecule has 0 radical (unpaired) electrons. The number of nitrogens with one attached hydrogen (secondary N) is 1. The lowest BCUT2D eigenvalue weighted by Gasteiger charge is -2.28. The van der Waals surface area contributed by atoms with E-state index < -0.39 is 0 Å². The molecule has 1 heterocycles. The lowest BCUT2D eigenvalue weighted by molar-refractivity contribution is 0.549. The zero-order chi connectivity index (χ0) is 18.6. The van der Waals surface area contributed by atoms with Crippen molar-refractivity contribution < 1.29 is 0 Å². The third kappa shape index (κ3) is 5.38. The quantitative estimate of drug-likeness (QED) is 0.687. The summed E-state index contributed by atoms with van der Waals surface area (Å²) in [6, 6.07) is 5.30. The molecular formula is C18H25Cl2N5. The molecule has 7 heteroatoms. The van der Waals surface area contributed by atoms with Gasteiger partial charge in [-0.15, -0.1) is 0 Å². The number of aromatic nitrogens is 2. The number of halogens is 2. The number of anilines is 4. The number of benzene rings is 1. The molecule has 3 N–H and O–H groups in total. The standard InChI is InChI=1S/C18H25Cl2N5/c1-11(2)8-25(9-12(3)4)18-16(21)17(22-10-23-18)24-13-5-6-14(19)15(20)7-13/h5-7,10-12H,8-9,21H2,1-4H3,(H,22,23,24). The van der Waals surface area contributed by atoms with Gasteiger partial charge in [0.1, 0.15) is 12.0 Å². The first-order valence-corrected chi connectivity index (χ1v) is 9.11. The van der Waals surface area contributed by atoms with Gasteiger partial charge in [0.25, 0.3) is 0 Å². The summed E-state index contributed by atoms with van der Waals surface area (Å²) in [6.07, 6.45) is 1.53. The summed E-state index contributed by atoms with van der Waals surface area (Å²) < 4.78 is 0. The Morgan fingerprint density at radius 1 is 1.04 bits per heavy atom. The second-order valence-electron chi connectivity index (χ2n) is 6.91. The van der Waals surface area contributed by atoms with Crippen molar-refractivity contribution in [2.24, 2.45) is 11.8 Å². The van der Waals surface area contributed by atoms with E-state index in [0.29, 0.717) is 33.4 Å². The van der Waals surface area contributed by atoms with Gasteiger partial charge in [0.2, 0.25) is 0 Å². The normalized spacial score (nSPS) is 11.2. The van der Waals surface area contributed by atoms with Gasteiger partial charge >= 0.3 is 0 Å². The van der Waals surface area contributed by atoms with E-state index in [4.69, 9.17) is 28.9 Å². The number of nitrogens with zero attached hydrogens (tertiary/aromatic N) is 3. The van der Waals surface area contributed by atoms with E-state index in [1.165, 1.54) is 6.33 Å². The maximum Gasteiger partial charge on any atom is 0.159 e. The molecule has 0 atom stereocenters. The fraction of sp³-hybridized carbons (Fsp3) is 0.444. The molecule has 1 aromatic carbocycles. The smallest absolute Gasteiger partial charge is 0.159 e. The number of nitrogens with two attached hydrogens (primary N) is 1. The lowest BCUT2D eigenvalue weighted by atomic mass is 10.1. The number of rotatable bonds is 7. The molecule has 1 aromatic heterocycles. The van der Waals surface area contributed by atoms with Gasteiger partial charge in [-0.25, -0.2) is 9.97 Å². The molecular weight excluding hydrogens is 357 g/mol. The molecule has 136 valence electrons. The fourth-order valence-electron chi connectivity index (χ4n) is 2.58. The summed E-state index contributed by atoms with van der Waals surface area (Å²) in [6.45, 7) is 10.5. The molecule has 25 heavy (non-hydrogen) atoms. The van der Waals surface area contributed by atoms with Crippen LogP contribution in [0.1, 0.15) is 27.7 Å². The van der Waals surface area contributed by atoms with Gasteiger partial charge in [0.05, 0.1) is 10.0 Å². The van der Waals surface area contributed by atoms with Crippen LogP contribution in [0.4, 0.5) is 23.0 Å². The van der Waals surface area contributed by atoms with E-state index in [1.807, 2.05) is 6.07 Å². The monoisotopic (exact) mass is 381 g/mol. The van der Waals surface area contributed by atoms with Crippen LogP contribution in [0, 0.1) is 11.8 Å². The van der Waals surface area contributed by atoms with Crippen LogP contribution in [0.25, 0.3) is 0 Å². The highest BCUT2D eigenvalue weighted by Crippen LogP contribution is 2.31. The van der Waals surface area contributed by atoms with E-state index in [2.05, 4.69) is 47.9 Å². The lowest BCUT2D eigenvalue weighted by Crippen LogP contribution is -2.32. The van der Waals surface area contributed by atoms with Crippen LogP contribution in [0.15, 0.2) is 24.5 Å². The van der Waals surface area contributed by atoms with Crippen molar-refractivity contribution in [2.45, 2.75) is 27.7 Å². The molecule has 0 spiro atoms. The Hall–Kier alpha value is -1.72. The van der Waals surface area contributed by atoms with Gasteiger partial charge in [-0.1, -0.05) is 50.9 Å². The molecule has 0 bridgehead atoms. The van der Waals surface area contributed by atoms with Gasteiger partial charge in [-0.2, -0.15) is 0 Å². The Labute approximate surface area is 159 Å². The van der Waals surface area contributed by atoms with Gasteiger partial charge in [-0.05, 0) is 30.0 Å². The Kier molecular flexibility index (Phi) is 6.73. The Morgan fingerprint density at radius 2 is 1.68 bits per heavy atom. The summed E-state index contributed by atoms with van der Waals surface area (Å²) in [7, 11) is 0. The Bertz CT molecular complexity index is 709. The summed E-state index contributed by atoms with van der Waals surface area (Å²) in [4.78, 5) is 10.9. The maximum absolute atomic E-state index is 6.36. The van der Waals surface area contributed by atoms with Crippen molar-refractivity contribution >= 4 is 46.2 Å². The highest BCUT2D eigenvalue weighted by molar-refractivity contribution is 6.42. The van der Waals surface area contributed by atoms with Gasteiger partial charge < -0.3 is 16.0 Å². The minimum atomic E-state index is 0.473. The van der Waals surface area contributed by atoms with E-state index in [1.54, 1.807) is 12.1 Å². The highest BCUT2D eigenvalue weighted by atomic mass is 35.5. The topological polar surface area (TPSA) is 67.1 Å². The van der Waals surface area contributed by atoms with E-state index in [-0.39, 0.29) is 0 Å². The van der Waals surface area contributed by atoms with Crippen molar-refractivity contribution in [3.8, 4) is 0 Å². The molecule has 0 aliphatic heterocycles. The van der Waals surface area contributed by atoms with Crippen LogP contribution in [0.5, 0.6) is 0 Å². The molecule has 0 saturated carbocycles. The maximum atomic E-state index is 6.36. The van der Waals surface area contributed by atoms with Crippen LogP contribution in [0.2, 0.25) is 10.0 Å². The van der Waals surface area contributed by atoms with E-state index in [9.17, 15) is 0 Å². The molecule has 2 aromatic rings. The second-order valence-corrected chi connectivity index (χ2v) is 7.72. The van der Waals surface area contributed by atoms with E-state index in [0.717, 1.165) is 24.6 Å². The van der Waals surface area contributed by atoms with Gasteiger partial charge in [-0.3, -0.25) is 0 Å². The average Bonchev–Trinajstić information content (AvgIpc) is 2.51. The molecule has 0 fully saturated rings. The third-order valence-corrected chi connectivity index (χ3v) is 4.25. The summed E-state index contributed by atoms with van der Waals surface area (Å²) in [5.74, 6) is 2.31. The SMILES string of the molecule is CC(C)CN(CC(C)C)c1ncnc(Nc2ccc(Cl)c(Cl)c2)c1N. The van der Waals surface area contributed by atoms with E-state index >= 15 is 0 Å². The number of nitrogen functional groups attached to an aromatic ring is 1. The van der Waals surface area contributed by atoms with Crippen molar-refractivity contribution in [3.63, 3.8) is 0 Å². The molecule has 0 saturated heterocycles. The molecule has 5 nitrogen and oxygen atoms in total. The van der Waals surface area contributed by atoms with Crippen molar-refractivity contribution in [2.75, 3.05) is 29.0 Å². The zero-order valence-electron chi connectivity index (χ0n) is 15.1. The molecule has 2 rings (SSSR count). The molecule has 0 aliphatic carbocycles. The average molecular weight is 382 g/mol. The van der Waals surface area contributed by atoms with Crippen molar-refractivity contribution in [3.05, 3.63) is 34.6 Å². The van der Waals surface area contributed by atoms with Crippen molar-refractivity contribution in [1.82, 2.24) is 9.97 Å². The number of hydrogen-bond donors (Lipinski definition) is 2. The summed E-state index contributed by atoms with van der Waals surface area (Å²) in [5, 5.41) is 4.17. The fourth-order valence-corrected chi connectivity index (χ4v) is 2.88. The highest BCUT2D eigenvalue weighted by Gasteiger charge is 2.17.